The lowest BCUT2D eigenvalue weighted by molar-refractivity contribution is 0.312. The Morgan fingerprint density at radius 1 is 1.03 bits per heavy atom. The van der Waals surface area contributed by atoms with Gasteiger partial charge in [0.1, 0.15) is 5.82 Å². The van der Waals surface area contributed by atoms with Gasteiger partial charge < -0.3 is 25.0 Å². The minimum absolute atomic E-state index is 0.618. The van der Waals surface area contributed by atoms with Crippen molar-refractivity contribution in [1.29, 1.82) is 0 Å². The Morgan fingerprint density at radius 3 is 2.72 bits per heavy atom. The zero-order valence-corrected chi connectivity index (χ0v) is 19.3. The Kier molecular flexibility index (Phi) is 7.61. The van der Waals surface area contributed by atoms with Crippen LogP contribution in [0.15, 0.2) is 59.9 Å². The summed E-state index contributed by atoms with van der Waals surface area (Å²) in [5.41, 5.74) is 2.47. The van der Waals surface area contributed by atoms with Crippen molar-refractivity contribution in [1.82, 2.24) is 25.1 Å². The Hall–Kier alpha value is -3.06. The highest BCUT2D eigenvalue weighted by atomic mass is 15.3. The normalized spacial score (nSPS) is 15.3. The maximum Gasteiger partial charge on any atom is 0.191 e. The Bertz CT molecular complexity index is 1020. The molecule has 3 heterocycles. The number of likely N-dealkylation sites (N-methyl/N-ethyl adjacent to an activating group) is 1. The number of piperazine rings is 1. The molecule has 0 amide bonds. The van der Waals surface area contributed by atoms with Crippen LogP contribution in [0, 0.1) is 0 Å². The first-order valence-electron chi connectivity index (χ1n) is 11.7. The first-order valence-corrected chi connectivity index (χ1v) is 11.7. The van der Waals surface area contributed by atoms with Gasteiger partial charge in [-0.3, -0.25) is 0 Å². The summed E-state index contributed by atoms with van der Waals surface area (Å²) in [6, 6.07) is 14.9. The van der Waals surface area contributed by atoms with E-state index in [0.29, 0.717) is 6.54 Å². The summed E-state index contributed by atoms with van der Waals surface area (Å²) in [5.74, 6) is 1.93. The quantitative estimate of drug-likeness (QED) is 0.325. The van der Waals surface area contributed by atoms with Crippen molar-refractivity contribution < 1.29 is 0 Å². The highest BCUT2D eigenvalue weighted by Crippen LogP contribution is 2.19. The van der Waals surface area contributed by atoms with E-state index in [1.165, 1.54) is 16.5 Å². The van der Waals surface area contributed by atoms with E-state index in [4.69, 9.17) is 4.99 Å². The minimum atomic E-state index is 0.618. The number of hydrogen-bond acceptors (Lipinski definition) is 4. The van der Waals surface area contributed by atoms with Gasteiger partial charge in [0, 0.05) is 69.3 Å². The molecule has 1 aliphatic heterocycles. The molecule has 170 valence electrons. The van der Waals surface area contributed by atoms with Crippen molar-refractivity contribution in [2.24, 2.45) is 4.99 Å². The predicted molar refractivity (Wildman–Crippen MR) is 133 cm³/mol. The maximum atomic E-state index is 4.85. The fraction of sp³-hybridized carbons (Fsp3) is 0.440. The fourth-order valence-corrected chi connectivity index (χ4v) is 4.15. The summed E-state index contributed by atoms with van der Waals surface area (Å²) in [6.07, 6.45) is 5.09. The minimum Gasteiger partial charge on any atom is -0.357 e. The van der Waals surface area contributed by atoms with Crippen molar-refractivity contribution in [2.75, 3.05) is 51.2 Å². The number of benzene rings is 1. The number of hydrogen-bond donors (Lipinski definition) is 2. The van der Waals surface area contributed by atoms with Crippen LogP contribution >= 0.6 is 0 Å². The molecule has 32 heavy (non-hydrogen) atoms. The van der Waals surface area contributed by atoms with E-state index in [0.717, 1.165) is 64.0 Å². The van der Waals surface area contributed by atoms with Crippen LogP contribution in [-0.4, -0.2) is 66.7 Å². The molecule has 2 N–H and O–H groups in total. The van der Waals surface area contributed by atoms with Crippen LogP contribution in [0.5, 0.6) is 0 Å². The number of aromatic nitrogens is 2. The lowest BCUT2D eigenvalue weighted by Crippen LogP contribution is -2.45. The van der Waals surface area contributed by atoms with Gasteiger partial charge in [-0.25, -0.2) is 9.98 Å². The molecule has 4 rings (SSSR count). The Balaban J connectivity index is 1.33. The van der Waals surface area contributed by atoms with Gasteiger partial charge in [0.15, 0.2) is 5.96 Å². The van der Waals surface area contributed by atoms with Crippen LogP contribution in [0.2, 0.25) is 0 Å². The number of guanidine groups is 1. The maximum absolute atomic E-state index is 4.85. The third-order valence-electron chi connectivity index (χ3n) is 5.97. The van der Waals surface area contributed by atoms with Gasteiger partial charge in [-0.2, -0.15) is 0 Å². The van der Waals surface area contributed by atoms with E-state index in [1.54, 1.807) is 0 Å². The van der Waals surface area contributed by atoms with Crippen molar-refractivity contribution in [3.05, 3.63) is 60.4 Å². The molecule has 0 aliphatic carbocycles. The predicted octanol–water partition coefficient (Wildman–Crippen LogP) is 2.93. The third-order valence-corrected chi connectivity index (χ3v) is 5.97. The van der Waals surface area contributed by atoms with Crippen LogP contribution < -0.4 is 15.5 Å². The van der Waals surface area contributed by atoms with E-state index in [-0.39, 0.29) is 0 Å². The van der Waals surface area contributed by atoms with Crippen LogP contribution in [0.25, 0.3) is 10.9 Å². The van der Waals surface area contributed by atoms with Crippen LogP contribution in [0.3, 0.4) is 0 Å². The van der Waals surface area contributed by atoms with Gasteiger partial charge in [-0.05, 0) is 44.0 Å². The molecule has 0 spiro atoms. The second-order valence-corrected chi connectivity index (χ2v) is 8.32. The van der Waals surface area contributed by atoms with Crippen LogP contribution in [0.4, 0.5) is 5.82 Å². The SMILES string of the molecule is CCNC(=NCc1cccnc1N1CCN(C)CC1)NCCCn1ccc2ccccc21. The first-order chi connectivity index (χ1) is 15.7. The summed E-state index contributed by atoms with van der Waals surface area (Å²) in [4.78, 5) is 14.3. The molecule has 1 saturated heterocycles. The summed E-state index contributed by atoms with van der Waals surface area (Å²) >= 11 is 0. The lowest BCUT2D eigenvalue weighted by atomic mass is 10.2. The molecule has 0 saturated carbocycles. The number of aryl methyl sites for hydroxylation is 1. The molecule has 0 atom stereocenters. The van der Waals surface area contributed by atoms with Crippen LogP contribution in [0.1, 0.15) is 18.9 Å². The molecular formula is C25H35N7. The highest BCUT2D eigenvalue weighted by Gasteiger charge is 2.17. The average Bonchev–Trinajstić information content (AvgIpc) is 3.24. The standard InChI is InChI=1S/C25H35N7/c1-3-26-25(28-13-7-14-31-15-11-21-8-4-5-10-23(21)31)29-20-22-9-6-12-27-24(22)32-18-16-30(2)17-19-32/h4-6,8-12,15H,3,7,13-14,16-20H2,1-2H3,(H2,26,28,29). The molecule has 3 aromatic rings. The second kappa shape index (κ2) is 11.0. The molecule has 1 aromatic carbocycles. The van der Waals surface area contributed by atoms with Crippen molar-refractivity contribution in [3.63, 3.8) is 0 Å². The summed E-state index contributed by atoms with van der Waals surface area (Å²) in [5, 5.41) is 8.16. The molecule has 0 radical (unpaired) electrons. The van der Waals surface area contributed by atoms with E-state index >= 15 is 0 Å². The number of anilines is 1. The topological polar surface area (TPSA) is 60.7 Å². The number of nitrogens with one attached hydrogen (secondary N) is 2. The molecule has 7 nitrogen and oxygen atoms in total. The average molecular weight is 434 g/mol. The molecular weight excluding hydrogens is 398 g/mol. The van der Waals surface area contributed by atoms with Gasteiger partial charge in [-0.15, -0.1) is 0 Å². The summed E-state index contributed by atoms with van der Waals surface area (Å²) in [6.45, 7) is 9.57. The first kappa shape index (κ1) is 22.1. The number of aliphatic imine (C=N–C) groups is 1. The van der Waals surface area contributed by atoms with Crippen molar-refractivity contribution in [3.8, 4) is 0 Å². The number of nitrogens with zero attached hydrogens (tertiary/aromatic N) is 5. The molecule has 0 unspecified atom stereocenters. The largest absolute Gasteiger partial charge is 0.357 e. The number of pyridine rings is 1. The van der Waals surface area contributed by atoms with E-state index in [1.807, 2.05) is 12.3 Å². The Morgan fingerprint density at radius 2 is 1.88 bits per heavy atom. The lowest BCUT2D eigenvalue weighted by Gasteiger charge is -2.34. The number of fused-ring (bicyclic) bond motifs is 1. The second-order valence-electron chi connectivity index (χ2n) is 8.32. The van der Waals surface area contributed by atoms with Gasteiger partial charge in [0.25, 0.3) is 0 Å². The molecule has 7 heteroatoms. The fourth-order valence-electron chi connectivity index (χ4n) is 4.15. The smallest absolute Gasteiger partial charge is 0.191 e. The molecule has 1 aliphatic rings. The number of rotatable bonds is 8. The van der Waals surface area contributed by atoms with Gasteiger partial charge in [0.05, 0.1) is 6.54 Å². The van der Waals surface area contributed by atoms with E-state index < -0.39 is 0 Å². The highest BCUT2D eigenvalue weighted by molar-refractivity contribution is 5.80. The molecule has 2 aromatic heterocycles. The van der Waals surface area contributed by atoms with Crippen molar-refractivity contribution >= 4 is 22.7 Å². The summed E-state index contributed by atoms with van der Waals surface area (Å²) < 4.78 is 2.32. The van der Waals surface area contributed by atoms with Gasteiger partial charge in [-0.1, -0.05) is 24.3 Å². The van der Waals surface area contributed by atoms with Gasteiger partial charge in [0.2, 0.25) is 0 Å². The van der Waals surface area contributed by atoms with Gasteiger partial charge >= 0.3 is 0 Å². The van der Waals surface area contributed by atoms with E-state index in [2.05, 4.69) is 86.6 Å². The molecule has 1 fully saturated rings. The Labute approximate surface area is 191 Å². The monoisotopic (exact) mass is 433 g/mol. The summed E-state index contributed by atoms with van der Waals surface area (Å²) in [7, 11) is 2.17. The van der Waals surface area contributed by atoms with E-state index in [9.17, 15) is 0 Å². The molecule has 0 bridgehead atoms. The number of para-hydroxylation sites is 1. The zero-order chi connectivity index (χ0) is 22.2. The third kappa shape index (κ3) is 5.59. The zero-order valence-electron chi connectivity index (χ0n) is 19.3. The van der Waals surface area contributed by atoms with Crippen LogP contribution in [-0.2, 0) is 13.1 Å². The van der Waals surface area contributed by atoms with Crippen molar-refractivity contribution in [2.45, 2.75) is 26.4 Å².